The first-order chi connectivity index (χ1) is 15.6. The number of hydrogen-bond donors (Lipinski definition) is 0. The standard InChI is InChI=1S/C25H19NO6/c1-29-20-11-7-6-10-18(20)24(27)31-21-13-12-16(15-22(21)30-2)14-19-23(26-32-25(19)28)17-8-4-3-5-9-17/h3-15H,1-2H3/b19-14-. The maximum atomic E-state index is 12.6. The van der Waals surface area contributed by atoms with Gasteiger partial charge in [0.2, 0.25) is 0 Å². The maximum absolute atomic E-state index is 12.6. The van der Waals surface area contributed by atoms with Crippen molar-refractivity contribution in [1.82, 2.24) is 0 Å². The van der Waals surface area contributed by atoms with Crippen molar-refractivity contribution in [3.05, 3.63) is 95.1 Å². The number of nitrogens with zero attached hydrogens (tertiary/aromatic N) is 1. The first-order valence-electron chi connectivity index (χ1n) is 9.70. The Morgan fingerprint density at radius 2 is 1.59 bits per heavy atom. The van der Waals surface area contributed by atoms with E-state index in [1.165, 1.54) is 14.2 Å². The minimum Gasteiger partial charge on any atom is -0.496 e. The van der Waals surface area contributed by atoms with Gasteiger partial charge in [-0.25, -0.2) is 9.59 Å². The van der Waals surface area contributed by atoms with E-state index in [-0.39, 0.29) is 5.75 Å². The molecule has 3 aromatic rings. The molecule has 0 bridgehead atoms. The number of benzene rings is 3. The molecule has 3 aromatic carbocycles. The molecule has 32 heavy (non-hydrogen) atoms. The molecule has 4 rings (SSSR count). The van der Waals surface area contributed by atoms with Gasteiger partial charge in [0.25, 0.3) is 0 Å². The molecule has 0 aliphatic carbocycles. The molecule has 0 saturated carbocycles. The van der Waals surface area contributed by atoms with Crippen LogP contribution in [-0.4, -0.2) is 31.9 Å². The van der Waals surface area contributed by atoms with E-state index in [2.05, 4.69) is 5.16 Å². The van der Waals surface area contributed by atoms with Crippen LogP contribution in [0.1, 0.15) is 21.5 Å². The van der Waals surface area contributed by atoms with Gasteiger partial charge >= 0.3 is 11.9 Å². The number of carbonyl (C=O) groups is 2. The van der Waals surface area contributed by atoms with E-state index in [0.717, 1.165) is 5.56 Å². The molecule has 0 saturated heterocycles. The van der Waals surface area contributed by atoms with Crippen molar-refractivity contribution in [3.8, 4) is 17.2 Å². The number of para-hydroxylation sites is 1. The third-order valence-corrected chi connectivity index (χ3v) is 4.77. The van der Waals surface area contributed by atoms with Crippen molar-refractivity contribution in [2.24, 2.45) is 5.16 Å². The molecule has 160 valence electrons. The van der Waals surface area contributed by atoms with Crippen LogP contribution < -0.4 is 14.2 Å². The number of ether oxygens (including phenoxy) is 3. The Morgan fingerprint density at radius 3 is 2.34 bits per heavy atom. The third-order valence-electron chi connectivity index (χ3n) is 4.77. The molecule has 7 heteroatoms. The van der Waals surface area contributed by atoms with Crippen molar-refractivity contribution in [2.75, 3.05) is 14.2 Å². The molecule has 0 aromatic heterocycles. The molecule has 0 N–H and O–H groups in total. The minimum absolute atomic E-state index is 0.233. The van der Waals surface area contributed by atoms with Crippen LogP contribution in [0.2, 0.25) is 0 Å². The lowest BCUT2D eigenvalue weighted by Gasteiger charge is -2.12. The molecular weight excluding hydrogens is 410 g/mol. The summed E-state index contributed by atoms with van der Waals surface area (Å²) in [6.45, 7) is 0. The molecular formula is C25H19NO6. The average molecular weight is 429 g/mol. The second kappa shape index (κ2) is 9.18. The number of oxime groups is 1. The topological polar surface area (TPSA) is 83.4 Å². The Hall–Kier alpha value is -4.39. The number of carbonyl (C=O) groups excluding carboxylic acids is 2. The molecule has 1 aliphatic heterocycles. The summed E-state index contributed by atoms with van der Waals surface area (Å²) >= 11 is 0. The highest BCUT2D eigenvalue weighted by Crippen LogP contribution is 2.31. The predicted molar refractivity (Wildman–Crippen MR) is 118 cm³/mol. The number of hydrogen-bond acceptors (Lipinski definition) is 7. The second-order valence-corrected chi connectivity index (χ2v) is 6.74. The zero-order valence-corrected chi connectivity index (χ0v) is 17.4. The van der Waals surface area contributed by atoms with Gasteiger partial charge in [0.15, 0.2) is 11.5 Å². The molecule has 1 heterocycles. The minimum atomic E-state index is -0.579. The fourth-order valence-electron chi connectivity index (χ4n) is 3.21. The Bertz CT molecular complexity index is 1230. The van der Waals surface area contributed by atoms with Gasteiger partial charge in [0.1, 0.15) is 17.0 Å². The zero-order chi connectivity index (χ0) is 22.5. The molecule has 0 radical (unpaired) electrons. The summed E-state index contributed by atoms with van der Waals surface area (Å²) in [6, 6.07) is 21.0. The molecule has 0 fully saturated rings. The van der Waals surface area contributed by atoms with E-state index in [4.69, 9.17) is 19.0 Å². The molecule has 0 unspecified atom stereocenters. The Morgan fingerprint density at radius 1 is 0.875 bits per heavy atom. The van der Waals surface area contributed by atoms with Gasteiger partial charge in [-0.1, -0.05) is 53.7 Å². The van der Waals surface area contributed by atoms with Crippen LogP contribution in [0.4, 0.5) is 0 Å². The van der Waals surface area contributed by atoms with Crippen LogP contribution in [0.3, 0.4) is 0 Å². The Kier molecular flexibility index (Phi) is 5.98. The maximum Gasteiger partial charge on any atom is 0.368 e. The lowest BCUT2D eigenvalue weighted by atomic mass is 10.0. The number of esters is 1. The molecule has 1 aliphatic rings. The summed E-state index contributed by atoms with van der Waals surface area (Å²) < 4.78 is 16.1. The molecule has 0 atom stereocenters. The van der Waals surface area contributed by atoms with Crippen LogP contribution in [0.25, 0.3) is 6.08 Å². The second-order valence-electron chi connectivity index (χ2n) is 6.74. The molecule has 0 spiro atoms. The van der Waals surface area contributed by atoms with Crippen molar-refractivity contribution in [3.63, 3.8) is 0 Å². The summed E-state index contributed by atoms with van der Waals surface area (Å²) in [6.07, 6.45) is 1.65. The fourth-order valence-corrected chi connectivity index (χ4v) is 3.21. The highest BCUT2D eigenvalue weighted by molar-refractivity contribution is 6.31. The van der Waals surface area contributed by atoms with Gasteiger partial charge in [0.05, 0.1) is 19.8 Å². The van der Waals surface area contributed by atoms with Gasteiger partial charge in [-0.05, 0) is 35.9 Å². The van der Waals surface area contributed by atoms with Gasteiger partial charge in [-0.3, -0.25) is 0 Å². The Balaban J connectivity index is 1.62. The quantitative estimate of drug-likeness (QED) is 0.252. The normalized spacial score (nSPS) is 14.0. The van der Waals surface area contributed by atoms with E-state index >= 15 is 0 Å². The van der Waals surface area contributed by atoms with E-state index < -0.39 is 11.9 Å². The van der Waals surface area contributed by atoms with Crippen LogP contribution in [0.5, 0.6) is 17.2 Å². The van der Waals surface area contributed by atoms with Gasteiger partial charge < -0.3 is 19.0 Å². The van der Waals surface area contributed by atoms with Crippen LogP contribution >= 0.6 is 0 Å². The highest BCUT2D eigenvalue weighted by atomic mass is 16.7. The largest absolute Gasteiger partial charge is 0.496 e. The lowest BCUT2D eigenvalue weighted by molar-refractivity contribution is -0.136. The summed E-state index contributed by atoms with van der Waals surface area (Å²) in [5.41, 5.74) is 2.47. The van der Waals surface area contributed by atoms with Crippen molar-refractivity contribution < 1.29 is 28.6 Å². The zero-order valence-electron chi connectivity index (χ0n) is 17.4. The highest BCUT2D eigenvalue weighted by Gasteiger charge is 2.27. The van der Waals surface area contributed by atoms with E-state index in [9.17, 15) is 9.59 Å². The fraction of sp³-hybridized carbons (Fsp3) is 0.0800. The summed E-state index contributed by atoms with van der Waals surface area (Å²) in [5, 5.41) is 3.90. The molecule has 7 nitrogen and oxygen atoms in total. The summed E-state index contributed by atoms with van der Waals surface area (Å²) in [7, 11) is 2.95. The monoisotopic (exact) mass is 429 g/mol. The van der Waals surface area contributed by atoms with E-state index in [1.54, 1.807) is 48.5 Å². The number of rotatable bonds is 6. The van der Waals surface area contributed by atoms with Gasteiger partial charge in [-0.15, -0.1) is 0 Å². The Labute approximate surface area is 184 Å². The van der Waals surface area contributed by atoms with E-state index in [0.29, 0.717) is 33.9 Å². The van der Waals surface area contributed by atoms with Crippen molar-refractivity contribution in [1.29, 1.82) is 0 Å². The lowest BCUT2D eigenvalue weighted by Crippen LogP contribution is -2.11. The predicted octanol–water partition coefficient (Wildman–Crippen LogP) is 4.27. The third kappa shape index (κ3) is 4.22. The van der Waals surface area contributed by atoms with E-state index in [1.807, 2.05) is 30.3 Å². The smallest absolute Gasteiger partial charge is 0.368 e. The van der Waals surface area contributed by atoms with Crippen LogP contribution in [0, 0.1) is 0 Å². The first-order valence-corrected chi connectivity index (χ1v) is 9.70. The summed E-state index contributed by atoms with van der Waals surface area (Å²) in [5.74, 6) is -0.159. The SMILES string of the molecule is COc1cc(/C=C2\C(=O)ON=C2c2ccccc2)ccc1OC(=O)c1ccccc1OC. The summed E-state index contributed by atoms with van der Waals surface area (Å²) in [4.78, 5) is 29.7. The van der Waals surface area contributed by atoms with Gasteiger partial charge in [-0.2, -0.15) is 0 Å². The van der Waals surface area contributed by atoms with Crippen molar-refractivity contribution >= 4 is 23.7 Å². The number of methoxy groups -OCH3 is 2. The first kappa shape index (κ1) is 20.9. The molecule has 0 amide bonds. The van der Waals surface area contributed by atoms with Gasteiger partial charge in [0, 0.05) is 5.56 Å². The van der Waals surface area contributed by atoms with Crippen molar-refractivity contribution in [2.45, 2.75) is 0 Å². The average Bonchev–Trinajstić information content (AvgIpc) is 3.20. The van der Waals surface area contributed by atoms with Crippen LogP contribution in [0.15, 0.2) is 83.5 Å². The van der Waals surface area contributed by atoms with Crippen LogP contribution in [-0.2, 0) is 9.63 Å².